The number of thioether (sulfide) groups is 2. The largest absolute Gasteiger partial charge is 0.480 e. The van der Waals surface area contributed by atoms with Crippen LogP contribution < -0.4 is 32.7 Å². The standard InChI is InChI=1S/C36H48N10O13S2/c37-20(35(56)57)5-7-25(47)45-23(33(54)42-13-27(49)50)15-60-30(22-9-12-39-17-44-22)18-3-1-4-19(29(18)53)31(32-40-10-2-11-41-32)61-16-24(34(55)43-14-28(51)52)46-26(48)8-6-21(38)36(58)59/h2,9-12,17-21,23-24,30-31H,1,3-8,13-16,37-38H2,(H,42,54)(H,43,55)(H,45,47)(H,46,48)(H,49,50)(H,51,52)(H,56,57)(H,58,59). The highest BCUT2D eigenvalue weighted by Crippen LogP contribution is 2.48. The number of carboxylic acids is 4. The van der Waals surface area contributed by atoms with Crippen molar-refractivity contribution in [1.29, 1.82) is 0 Å². The van der Waals surface area contributed by atoms with Crippen LogP contribution in [0.2, 0.25) is 0 Å². The van der Waals surface area contributed by atoms with E-state index in [1.165, 1.54) is 24.9 Å². The highest BCUT2D eigenvalue weighted by atomic mass is 32.2. The molecule has 0 radical (unpaired) electrons. The number of Topliss-reactive ketones (excluding diaryl/α,β-unsaturated/α-hetero) is 1. The van der Waals surface area contributed by atoms with Crippen molar-refractivity contribution in [2.75, 3.05) is 24.6 Å². The van der Waals surface area contributed by atoms with Gasteiger partial charge < -0.3 is 53.2 Å². The maximum Gasteiger partial charge on any atom is 0.322 e. The fraction of sp³-hybridized carbons (Fsp3) is 0.528. The Morgan fingerprint density at radius 3 is 1.62 bits per heavy atom. The maximum atomic E-state index is 14.8. The molecule has 0 saturated heterocycles. The van der Waals surface area contributed by atoms with Crippen molar-refractivity contribution >= 4 is 76.8 Å². The number of ketones is 1. The van der Waals surface area contributed by atoms with E-state index < -0.39 is 107 Å². The van der Waals surface area contributed by atoms with Crippen molar-refractivity contribution in [2.24, 2.45) is 23.3 Å². The van der Waals surface area contributed by atoms with Gasteiger partial charge in [0.25, 0.3) is 0 Å². The van der Waals surface area contributed by atoms with Crippen LogP contribution in [0, 0.1) is 11.8 Å². The second kappa shape index (κ2) is 25.1. The highest BCUT2D eigenvalue weighted by molar-refractivity contribution is 7.99. The van der Waals surface area contributed by atoms with Gasteiger partial charge in [-0.05, 0) is 37.8 Å². The average Bonchev–Trinajstić information content (AvgIpc) is 3.23. The molecule has 332 valence electrons. The molecule has 2 aromatic rings. The lowest BCUT2D eigenvalue weighted by Gasteiger charge is -2.36. The number of carboxylic acid groups (broad SMARTS) is 4. The number of rotatable bonds is 26. The number of aliphatic carboxylic acids is 4. The van der Waals surface area contributed by atoms with Gasteiger partial charge >= 0.3 is 23.9 Å². The Kier molecular flexibility index (Phi) is 20.4. The molecule has 3 rings (SSSR count). The van der Waals surface area contributed by atoms with Crippen molar-refractivity contribution in [3.63, 3.8) is 0 Å². The Labute approximate surface area is 356 Å². The molecular formula is C36H48N10O13S2. The van der Waals surface area contributed by atoms with E-state index in [0.717, 1.165) is 23.5 Å². The number of amides is 4. The van der Waals surface area contributed by atoms with Crippen LogP contribution in [0.5, 0.6) is 0 Å². The minimum Gasteiger partial charge on any atom is -0.480 e. The third-order valence-corrected chi connectivity index (χ3v) is 12.1. The summed E-state index contributed by atoms with van der Waals surface area (Å²) in [6.45, 7) is -1.52. The lowest BCUT2D eigenvalue weighted by Crippen LogP contribution is -2.50. The summed E-state index contributed by atoms with van der Waals surface area (Å²) >= 11 is 2.16. The normalized spacial score (nSPS) is 17.9. The van der Waals surface area contributed by atoms with Crippen molar-refractivity contribution in [1.82, 2.24) is 41.2 Å². The molecule has 4 amide bonds. The van der Waals surface area contributed by atoms with Crippen molar-refractivity contribution in [3.05, 3.63) is 48.6 Å². The first-order valence-corrected chi connectivity index (χ1v) is 20.9. The SMILES string of the molecule is NC(CCC(=O)NC(CSC(c1ccncn1)C1CCCC(C(SCC(NC(=O)CCC(N)C(=O)O)C(=O)NCC(=O)O)c2ncccn2)C1=O)C(=O)NCC(=O)O)C(=O)O. The van der Waals surface area contributed by atoms with Gasteiger partial charge in [-0.15, -0.1) is 23.5 Å². The van der Waals surface area contributed by atoms with Crippen LogP contribution in [-0.2, 0) is 43.2 Å². The van der Waals surface area contributed by atoms with Crippen LogP contribution in [0.15, 0.2) is 37.1 Å². The van der Waals surface area contributed by atoms with Gasteiger partial charge in [-0.25, -0.2) is 19.9 Å². The predicted molar refractivity (Wildman–Crippen MR) is 215 cm³/mol. The summed E-state index contributed by atoms with van der Waals surface area (Å²) in [4.78, 5) is 129. The molecule has 2 aromatic heterocycles. The molecule has 12 N–H and O–H groups in total. The lowest BCUT2D eigenvalue weighted by molar-refractivity contribution is -0.140. The van der Waals surface area contributed by atoms with E-state index in [1.54, 1.807) is 12.1 Å². The zero-order valence-corrected chi connectivity index (χ0v) is 34.2. The molecule has 0 spiro atoms. The molecule has 1 saturated carbocycles. The second-order valence-corrected chi connectivity index (χ2v) is 16.1. The molecule has 2 heterocycles. The van der Waals surface area contributed by atoms with Crippen LogP contribution in [0.1, 0.15) is 67.0 Å². The first-order chi connectivity index (χ1) is 29.0. The third kappa shape index (κ3) is 16.6. The number of nitrogens with one attached hydrogen (secondary N) is 4. The number of hydrogen-bond acceptors (Lipinski definition) is 17. The fourth-order valence-corrected chi connectivity index (χ4v) is 8.97. The van der Waals surface area contributed by atoms with Gasteiger partial charge in [0, 0.05) is 54.8 Å². The smallest absolute Gasteiger partial charge is 0.322 e. The van der Waals surface area contributed by atoms with E-state index >= 15 is 0 Å². The van der Waals surface area contributed by atoms with Crippen molar-refractivity contribution in [3.8, 4) is 0 Å². The summed E-state index contributed by atoms with van der Waals surface area (Å²) in [6, 6.07) is -2.23. The molecule has 1 aliphatic carbocycles. The number of aromatic nitrogens is 4. The summed E-state index contributed by atoms with van der Waals surface area (Å²) in [6.07, 6.45) is 5.65. The Bertz CT molecular complexity index is 1740. The van der Waals surface area contributed by atoms with Gasteiger partial charge in [0.15, 0.2) is 0 Å². The number of nitrogens with two attached hydrogens (primary N) is 2. The van der Waals surface area contributed by atoms with Crippen molar-refractivity contribution < 1.29 is 63.6 Å². The monoisotopic (exact) mass is 892 g/mol. The third-order valence-electron chi connectivity index (χ3n) is 9.24. The molecular weight excluding hydrogens is 845 g/mol. The molecule has 0 bridgehead atoms. The van der Waals surface area contributed by atoms with E-state index in [-0.39, 0.29) is 48.8 Å². The fourth-order valence-electron chi connectivity index (χ4n) is 6.11. The number of nitrogens with zero attached hydrogens (tertiary/aromatic N) is 4. The Hall–Kier alpha value is -5.79. The lowest BCUT2D eigenvalue weighted by atomic mass is 9.76. The minimum atomic E-state index is -1.35. The maximum absolute atomic E-state index is 14.8. The van der Waals surface area contributed by atoms with Gasteiger partial charge in [-0.2, -0.15) is 0 Å². The average molecular weight is 893 g/mol. The zero-order chi connectivity index (χ0) is 45.1. The molecule has 23 nitrogen and oxygen atoms in total. The van der Waals surface area contributed by atoms with Crippen LogP contribution in [0.25, 0.3) is 0 Å². The van der Waals surface area contributed by atoms with Gasteiger partial charge in [-0.3, -0.25) is 43.2 Å². The molecule has 1 fully saturated rings. The van der Waals surface area contributed by atoms with Gasteiger partial charge in [-0.1, -0.05) is 6.42 Å². The minimum absolute atomic E-state index is 0.185. The summed E-state index contributed by atoms with van der Waals surface area (Å²) in [5, 5.41) is 44.4. The van der Waals surface area contributed by atoms with Crippen molar-refractivity contribution in [2.45, 2.75) is 79.6 Å². The summed E-state index contributed by atoms with van der Waals surface area (Å²) < 4.78 is 0. The number of carbonyl (C=O) groups excluding carboxylic acids is 5. The molecule has 0 aliphatic heterocycles. The van der Waals surface area contributed by atoms with Gasteiger partial charge in [0.05, 0.1) is 16.2 Å². The summed E-state index contributed by atoms with van der Waals surface area (Å²) in [7, 11) is 0. The molecule has 1 aliphatic rings. The topological polar surface area (TPSA) is 386 Å². The summed E-state index contributed by atoms with van der Waals surface area (Å²) in [5.74, 6) is -10.5. The molecule has 61 heavy (non-hydrogen) atoms. The van der Waals surface area contributed by atoms with E-state index in [0.29, 0.717) is 25.0 Å². The summed E-state index contributed by atoms with van der Waals surface area (Å²) in [5.41, 5.74) is 11.5. The molecule has 25 heteroatoms. The first-order valence-electron chi connectivity index (χ1n) is 18.8. The van der Waals surface area contributed by atoms with Gasteiger partial charge in [0.2, 0.25) is 23.6 Å². The quantitative estimate of drug-likeness (QED) is 0.0501. The van der Waals surface area contributed by atoms with Crippen LogP contribution in [-0.4, -0.2) is 142 Å². The Morgan fingerprint density at radius 2 is 1.18 bits per heavy atom. The van der Waals surface area contributed by atoms with E-state index in [1.807, 2.05) is 0 Å². The van der Waals surface area contributed by atoms with Crippen LogP contribution in [0.4, 0.5) is 0 Å². The second-order valence-electron chi connectivity index (χ2n) is 13.7. The Morgan fingerprint density at radius 1 is 0.705 bits per heavy atom. The number of hydrogen-bond donors (Lipinski definition) is 10. The molecule has 8 unspecified atom stereocenters. The predicted octanol–water partition coefficient (Wildman–Crippen LogP) is -1.74. The molecule has 8 atom stereocenters. The first kappa shape index (κ1) is 49.6. The van der Waals surface area contributed by atoms with E-state index in [4.69, 9.17) is 31.9 Å². The van der Waals surface area contributed by atoms with E-state index in [2.05, 4.69) is 41.2 Å². The van der Waals surface area contributed by atoms with E-state index in [9.17, 15) is 43.2 Å². The highest BCUT2D eigenvalue weighted by Gasteiger charge is 2.43. The Balaban J connectivity index is 1.92. The van der Waals surface area contributed by atoms with Crippen LogP contribution >= 0.6 is 23.5 Å². The van der Waals surface area contributed by atoms with Crippen LogP contribution in [0.3, 0.4) is 0 Å². The zero-order valence-electron chi connectivity index (χ0n) is 32.6. The van der Waals surface area contributed by atoms with Gasteiger partial charge in [0.1, 0.15) is 55.2 Å². The molecule has 0 aromatic carbocycles. The number of carbonyl (C=O) groups is 9.